The Hall–Kier alpha value is -2.38. The molecule has 0 aromatic heterocycles. The fourth-order valence-corrected chi connectivity index (χ4v) is 5.17. The summed E-state index contributed by atoms with van der Waals surface area (Å²) in [5.74, 6) is 0.367. The molecule has 5 nitrogen and oxygen atoms in total. The Morgan fingerprint density at radius 1 is 1.18 bits per heavy atom. The van der Waals surface area contributed by atoms with Crippen LogP contribution in [0.5, 0.6) is 5.75 Å². The first-order chi connectivity index (χ1) is 15.3. The summed E-state index contributed by atoms with van der Waals surface area (Å²) in [5.41, 5.74) is 6.92. The second-order valence-corrected chi connectivity index (χ2v) is 15.6. The number of nitrogens with two attached hydrogens (primary N) is 1. The highest BCUT2D eigenvalue weighted by Gasteiger charge is 2.48. The number of amides is 2. The number of carbonyl (C=O) groups excluding carboxylic acids is 1. The zero-order chi connectivity index (χ0) is 24.4. The molecule has 2 N–H and O–H groups in total. The van der Waals surface area contributed by atoms with E-state index in [2.05, 4.69) is 40.8 Å². The van der Waals surface area contributed by atoms with Crippen LogP contribution in [-0.2, 0) is 11.0 Å². The van der Waals surface area contributed by atoms with Crippen LogP contribution in [0.4, 0.5) is 9.18 Å². The quantitative estimate of drug-likeness (QED) is 0.474. The molecule has 0 aliphatic carbocycles. The average Bonchev–Trinajstić information content (AvgIpc) is 3.09. The van der Waals surface area contributed by atoms with Crippen molar-refractivity contribution in [3.8, 4) is 5.75 Å². The molecule has 2 amide bonds. The van der Waals surface area contributed by atoms with Gasteiger partial charge in [0.25, 0.3) is 0 Å². The summed E-state index contributed by atoms with van der Waals surface area (Å²) in [4.78, 5) is 14.3. The van der Waals surface area contributed by atoms with Crippen LogP contribution in [-0.4, -0.2) is 31.4 Å². The zero-order valence-corrected chi connectivity index (χ0v) is 21.7. The van der Waals surface area contributed by atoms with Crippen LogP contribution >= 0.6 is 0 Å². The third-order valence-electron chi connectivity index (χ3n) is 7.25. The number of rotatable bonds is 7. The molecular weight excluding hydrogens is 435 g/mol. The topological polar surface area (TPSA) is 64.8 Å². The number of nitrogens with zero attached hydrogens (tertiary/aromatic N) is 1. The fraction of sp³-hybridized carbons (Fsp3) is 0.500. The Morgan fingerprint density at radius 3 is 2.39 bits per heavy atom. The number of benzene rings is 2. The maximum atomic E-state index is 13.8. The van der Waals surface area contributed by atoms with Crippen molar-refractivity contribution >= 4 is 14.3 Å². The van der Waals surface area contributed by atoms with Gasteiger partial charge >= 0.3 is 6.03 Å². The summed E-state index contributed by atoms with van der Waals surface area (Å²) >= 11 is 0. The van der Waals surface area contributed by atoms with Crippen molar-refractivity contribution in [1.82, 2.24) is 4.90 Å². The van der Waals surface area contributed by atoms with Crippen LogP contribution in [0, 0.1) is 5.82 Å². The maximum Gasteiger partial charge on any atom is 0.315 e. The molecule has 1 fully saturated rings. The molecule has 0 bridgehead atoms. The molecule has 2 aromatic rings. The molecule has 1 heterocycles. The number of urea groups is 1. The molecule has 1 unspecified atom stereocenters. The number of halogens is 1. The van der Waals surface area contributed by atoms with Gasteiger partial charge in [-0.25, -0.2) is 9.18 Å². The lowest BCUT2D eigenvalue weighted by atomic mass is 10.0. The Labute approximate surface area is 198 Å². The molecule has 0 radical (unpaired) electrons. The monoisotopic (exact) mass is 472 g/mol. The van der Waals surface area contributed by atoms with E-state index >= 15 is 0 Å². The predicted molar refractivity (Wildman–Crippen MR) is 132 cm³/mol. The van der Waals surface area contributed by atoms with Crippen molar-refractivity contribution in [3.05, 3.63) is 65.5 Å². The van der Waals surface area contributed by atoms with Gasteiger partial charge < -0.3 is 19.8 Å². The molecule has 33 heavy (non-hydrogen) atoms. The number of carbonyl (C=O) groups is 1. The predicted octanol–water partition coefficient (Wildman–Crippen LogP) is 6.40. The summed E-state index contributed by atoms with van der Waals surface area (Å²) in [5, 5.41) is 0.0947. The minimum atomic E-state index is -1.96. The average molecular weight is 473 g/mol. The number of hydrogen-bond donors (Lipinski definition) is 1. The van der Waals surface area contributed by atoms with E-state index in [9.17, 15) is 9.18 Å². The van der Waals surface area contributed by atoms with Gasteiger partial charge in [0.05, 0.1) is 18.2 Å². The molecule has 2 atom stereocenters. The summed E-state index contributed by atoms with van der Waals surface area (Å²) in [6.45, 7) is 13.8. The van der Waals surface area contributed by atoms with Gasteiger partial charge in [-0.2, -0.15) is 0 Å². The fourth-order valence-electron chi connectivity index (χ4n) is 4.07. The van der Waals surface area contributed by atoms with Gasteiger partial charge in [-0.3, -0.25) is 0 Å². The van der Waals surface area contributed by atoms with E-state index in [1.807, 2.05) is 24.3 Å². The second-order valence-electron chi connectivity index (χ2n) is 10.8. The summed E-state index contributed by atoms with van der Waals surface area (Å²) < 4.78 is 26.1. The van der Waals surface area contributed by atoms with E-state index in [4.69, 9.17) is 14.9 Å². The molecule has 7 heteroatoms. The lowest BCUT2D eigenvalue weighted by Gasteiger charge is -2.42. The van der Waals surface area contributed by atoms with Crippen molar-refractivity contribution in [1.29, 1.82) is 0 Å². The van der Waals surface area contributed by atoms with Gasteiger partial charge in [0.1, 0.15) is 18.2 Å². The highest BCUT2D eigenvalue weighted by molar-refractivity contribution is 6.74. The maximum absolute atomic E-state index is 13.8. The van der Waals surface area contributed by atoms with E-state index < -0.39 is 19.9 Å². The van der Waals surface area contributed by atoms with E-state index in [1.165, 1.54) is 6.07 Å². The summed E-state index contributed by atoms with van der Waals surface area (Å²) in [7, 11) is -1.96. The molecule has 1 aliphatic heterocycles. The van der Waals surface area contributed by atoms with Crippen LogP contribution in [0.3, 0.4) is 0 Å². The minimum Gasteiger partial charge on any atom is -0.489 e. The molecule has 0 spiro atoms. The van der Waals surface area contributed by atoms with Crippen molar-refractivity contribution in [2.75, 3.05) is 6.61 Å². The van der Waals surface area contributed by atoms with Crippen LogP contribution in [0.2, 0.25) is 18.1 Å². The first-order valence-electron chi connectivity index (χ1n) is 11.5. The minimum absolute atomic E-state index is 0.0947. The standard InChI is InChI=1S/C26H37FN2O3Si/c1-25(2,3)33(5,6)32-18-26(4)16-15-23(29(26)24(28)30)19-11-13-21(14-12-19)31-17-20-9-7-8-10-22(20)27/h7-14,23H,15-18H2,1-6H3,(H2,28,30)/t23-,26?/m1/s1. The Bertz CT molecular complexity index is 974. The molecule has 2 aromatic carbocycles. The number of primary amides is 1. The smallest absolute Gasteiger partial charge is 0.315 e. The Morgan fingerprint density at radius 2 is 1.82 bits per heavy atom. The SMILES string of the molecule is CC1(CO[Si](C)(C)C(C)(C)C)CC[C@H](c2ccc(OCc3ccccc3F)cc2)N1C(N)=O. The highest BCUT2D eigenvalue weighted by Crippen LogP contribution is 2.44. The van der Waals surface area contributed by atoms with Gasteiger partial charge in [0, 0.05) is 5.56 Å². The molecule has 180 valence electrons. The first kappa shape index (κ1) is 25.2. The van der Waals surface area contributed by atoms with Gasteiger partial charge in [-0.05, 0) is 61.7 Å². The van der Waals surface area contributed by atoms with E-state index in [-0.39, 0.29) is 23.5 Å². The molecular formula is C26H37FN2O3Si. The lowest BCUT2D eigenvalue weighted by molar-refractivity contribution is 0.0874. The molecule has 1 aliphatic rings. The molecule has 1 saturated heterocycles. The Kier molecular flexibility index (Phi) is 7.24. The van der Waals surface area contributed by atoms with Crippen LogP contribution in [0.15, 0.2) is 48.5 Å². The zero-order valence-electron chi connectivity index (χ0n) is 20.7. The first-order valence-corrected chi connectivity index (χ1v) is 14.4. The third kappa shape index (κ3) is 5.58. The van der Waals surface area contributed by atoms with Crippen LogP contribution in [0.25, 0.3) is 0 Å². The molecule has 0 saturated carbocycles. The van der Waals surface area contributed by atoms with Crippen molar-refractivity contribution in [3.63, 3.8) is 0 Å². The van der Waals surface area contributed by atoms with Crippen LogP contribution < -0.4 is 10.5 Å². The molecule has 3 rings (SSSR count). The van der Waals surface area contributed by atoms with Gasteiger partial charge in [0.2, 0.25) is 0 Å². The summed E-state index contributed by atoms with van der Waals surface area (Å²) in [6.07, 6.45) is 1.64. The van der Waals surface area contributed by atoms with Gasteiger partial charge in [-0.1, -0.05) is 51.1 Å². The third-order valence-corrected chi connectivity index (χ3v) is 11.7. The van der Waals surface area contributed by atoms with Crippen molar-refractivity contribution < 1.29 is 18.3 Å². The van der Waals surface area contributed by atoms with Crippen molar-refractivity contribution in [2.24, 2.45) is 5.73 Å². The van der Waals surface area contributed by atoms with Crippen molar-refractivity contribution in [2.45, 2.75) is 76.9 Å². The van der Waals surface area contributed by atoms with Crippen LogP contribution in [0.1, 0.15) is 57.7 Å². The number of ether oxygens (including phenoxy) is 1. The second kappa shape index (κ2) is 9.47. The Balaban J connectivity index is 1.71. The normalized spacial score (nSPS) is 21.3. The van der Waals surface area contributed by atoms with E-state index in [0.29, 0.717) is 17.9 Å². The number of hydrogen-bond acceptors (Lipinski definition) is 3. The van der Waals surface area contributed by atoms with Gasteiger partial charge in [0.15, 0.2) is 8.32 Å². The summed E-state index contributed by atoms with van der Waals surface area (Å²) in [6, 6.07) is 13.7. The lowest BCUT2D eigenvalue weighted by Crippen LogP contribution is -2.54. The van der Waals surface area contributed by atoms with E-state index in [0.717, 1.165) is 18.4 Å². The largest absolute Gasteiger partial charge is 0.489 e. The number of likely N-dealkylation sites (tertiary alicyclic amines) is 1. The van der Waals surface area contributed by atoms with Gasteiger partial charge in [-0.15, -0.1) is 0 Å². The highest BCUT2D eigenvalue weighted by atomic mass is 28.4. The van der Waals surface area contributed by atoms with E-state index in [1.54, 1.807) is 23.1 Å².